The van der Waals surface area contributed by atoms with E-state index < -0.39 is 19.2 Å². The SMILES string of the molecule is CSc1cccc(OCCC(F)(F)F)c1C#N. The number of alkyl halides is 3. The first-order valence-electron chi connectivity index (χ1n) is 4.74. The average molecular weight is 261 g/mol. The molecule has 0 aromatic heterocycles. The molecular weight excluding hydrogens is 251 g/mol. The van der Waals surface area contributed by atoms with Crippen molar-refractivity contribution in [3.8, 4) is 11.8 Å². The molecule has 2 nitrogen and oxygen atoms in total. The highest BCUT2D eigenvalue weighted by Gasteiger charge is 2.27. The van der Waals surface area contributed by atoms with E-state index in [4.69, 9.17) is 10.00 Å². The number of halogens is 3. The minimum atomic E-state index is -4.25. The largest absolute Gasteiger partial charge is 0.492 e. The Hall–Kier alpha value is -1.35. The lowest BCUT2D eigenvalue weighted by atomic mass is 10.2. The maximum atomic E-state index is 11.9. The Bertz CT molecular complexity index is 426. The molecule has 92 valence electrons. The summed E-state index contributed by atoms with van der Waals surface area (Å²) >= 11 is 1.35. The molecule has 1 rings (SSSR count). The summed E-state index contributed by atoms with van der Waals surface area (Å²) in [6.07, 6.45) is -3.49. The molecular formula is C11H10F3NOS. The molecule has 0 saturated carbocycles. The van der Waals surface area contributed by atoms with E-state index in [1.807, 2.05) is 6.07 Å². The summed E-state index contributed by atoms with van der Waals surface area (Å²) in [5, 5.41) is 8.92. The third-order valence-corrected chi connectivity index (χ3v) is 2.74. The van der Waals surface area contributed by atoms with Gasteiger partial charge in [-0.3, -0.25) is 0 Å². The monoisotopic (exact) mass is 261 g/mol. The molecule has 0 fully saturated rings. The summed E-state index contributed by atoms with van der Waals surface area (Å²) in [6, 6.07) is 6.80. The second-order valence-electron chi connectivity index (χ2n) is 3.16. The van der Waals surface area contributed by atoms with E-state index in [0.29, 0.717) is 4.90 Å². The highest BCUT2D eigenvalue weighted by Crippen LogP contribution is 2.28. The lowest BCUT2D eigenvalue weighted by Crippen LogP contribution is -2.13. The molecule has 0 spiro atoms. The number of hydrogen-bond acceptors (Lipinski definition) is 3. The van der Waals surface area contributed by atoms with E-state index in [-0.39, 0.29) is 11.3 Å². The van der Waals surface area contributed by atoms with Crippen molar-refractivity contribution in [3.05, 3.63) is 23.8 Å². The number of nitriles is 1. The van der Waals surface area contributed by atoms with Gasteiger partial charge in [-0.05, 0) is 18.4 Å². The first-order chi connectivity index (χ1) is 7.98. The van der Waals surface area contributed by atoms with Crippen LogP contribution in [0.1, 0.15) is 12.0 Å². The van der Waals surface area contributed by atoms with Crippen LogP contribution in [0, 0.1) is 11.3 Å². The van der Waals surface area contributed by atoms with Crippen molar-refractivity contribution < 1.29 is 17.9 Å². The van der Waals surface area contributed by atoms with Gasteiger partial charge < -0.3 is 4.74 Å². The van der Waals surface area contributed by atoms with E-state index in [1.165, 1.54) is 17.8 Å². The van der Waals surface area contributed by atoms with E-state index >= 15 is 0 Å². The zero-order valence-electron chi connectivity index (χ0n) is 9.04. The molecule has 1 aromatic rings. The lowest BCUT2D eigenvalue weighted by Gasteiger charge is -2.11. The van der Waals surface area contributed by atoms with Gasteiger partial charge in [-0.25, -0.2) is 0 Å². The van der Waals surface area contributed by atoms with E-state index in [0.717, 1.165) is 0 Å². The molecule has 1 aromatic carbocycles. The highest BCUT2D eigenvalue weighted by molar-refractivity contribution is 7.98. The van der Waals surface area contributed by atoms with Crippen molar-refractivity contribution in [1.29, 1.82) is 5.26 Å². The Morgan fingerprint density at radius 3 is 2.65 bits per heavy atom. The molecule has 6 heteroatoms. The van der Waals surface area contributed by atoms with Gasteiger partial charge in [0, 0.05) is 4.90 Å². The van der Waals surface area contributed by atoms with Gasteiger partial charge in [0.05, 0.1) is 13.0 Å². The molecule has 0 saturated heterocycles. The van der Waals surface area contributed by atoms with Crippen LogP contribution in [0.3, 0.4) is 0 Å². The van der Waals surface area contributed by atoms with Gasteiger partial charge in [-0.2, -0.15) is 18.4 Å². The maximum absolute atomic E-state index is 11.9. The number of hydrogen-bond donors (Lipinski definition) is 0. The minimum Gasteiger partial charge on any atom is -0.492 e. The van der Waals surface area contributed by atoms with Crippen LogP contribution in [0.4, 0.5) is 13.2 Å². The van der Waals surface area contributed by atoms with Crippen LogP contribution >= 0.6 is 11.8 Å². The number of nitrogens with zero attached hydrogens (tertiary/aromatic N) is 1. The van der Waals surface area contributed by atoms with Crippen LogP contribution in [0.5, 0.6) is 5.75 Å². The molecule has 0 unspecified atom stereocenters. The molecule has 0 heterocycles. The lowest BCUT2D eigenvalue weighted by molar-refractivity contribution is -0.139. The second-order valence-corrected chi connectivity index (χ2v) is 4.01. The summed E-state index contributed by atoms with van der Waals surface area (Å²) in [4.78, 5) is 0.692. The average Bonchev–Trinajstić information content (AvgIpc) is 2.27. The standard InChI is InChI=1S/C11H10F3NOS/c1-17-10-4-2-3-9(8(10)7-15)16-6-5-11(12,13)14/h2-4H,5-6H2,1H3. The van der Waals surface area contributed by atoms with Gasteiger partial charge in [0.25, 0.3) is 0 Å². The zero-order chi connectivity index (χ0) is 12.9. The molecule has 0 aliphatic rings. The van der Waals surface area contributed by atoms with Crippen LogP contribution in [-0.2, 0) is 0 Å². The zero-order valence-corrected chi connectivity index (χ0v) is 9.86. The van der Waals surface area contributed by atoms with Crippen LogP contribution in [-0.4, -0.2) is 19.0 Å². The van der Waals surface area contributed by atoms with Crippen molar-refractivity contribution in [2.75, 3.05) is 12.9 Å². The van der Waals surface area contributed by atoms with Crippen LogP contribution in [0.15, 0.2) is 23.1 Å². The fourth-order valence-corrected chi connectivity index (χ4v) is 1.75. The van der Waals surface area contributed by atoms with Crippen molar-refractivity contribution >= 4 is 11.8 Å². The second kappa shape index (κ2) is 5.82. The molecule has 0 aliphatic heterocycles. The van der Waals surface area contributed by atoms with E-state index in [9.17, 15) is 13.2 Å². The molecule has 0 aliphatic carbocycles. The summed E-state index contributed by atoms with van der Waals surface area (Å²) in [5.74, 6) is 0.198. The van der Waals surface area contributed by atoms with Crippen LogP contribution in [0.2, 0.25) is 0 Å². The molecule has 17 heavy (non-hydrogen) atoms. The fraction of sp³-hybridized carbons (Fsp3) is 0.364. The first-order valence-corrected chi connectivity index (χ1v) is 5.97. The highest BCUT2D eigenvalue weighted by atomic mass is 32.2. The Morgan fingerprint density at radius 2 is 2.12 bits per heavy atom. The van der Waals surface area contributed by atoms with E-state index in [1.54, 1.807) is 18.4 Å². The van der Waals surface area contributed by atoms with Crippen LogP contribution in [0.25, 0.3) is 0 Å². The molecule has 0 bridgehead atoms. The maximum Gasteiger partial charge on any atom is 0.392 e. The molecule has 0 atom stereocenters. The summed E-state index contributed by atoms with van der Waals surface area (Å²) < 4.78 is 40.8. The third-order valence-electron chi connectivity index (χ3n) is 1.96. The first kappa shape index (κ1) is 13.7. The van der Waals surface area contributed by atoms with Crippen molar-refractivity contribution in [2.24, 2.45) is 0 Å². The van der Waals surface area contributed by atoms with Gasteiger partial charge in [0.2, 0.25) is 0 Å². The van der Waals surface area contributed by atoms with Gasteiger partial charge in [-0.1, -0.05) is 6.07 Å². The third kappa shape index (κ3) is 4.19. The normalized spacial score (nSPS) is 11.0. The summed E-state index contributed by atoms with van der Waals surface area (Å²) in [7, 11) is 0. The van der Waals surface area contributed by atoms with Gasteiger partial charge in [-0.15, -0.1) is 11.8 Å². The Labute approximate surface area is 101 Å². The van der Waals surface area contributed by atoms with Crippen molar-refractivity contribution in [2.45, 2.75) is 17.5 Å². The molecule has 0 radical (unpaired) electrons. The van der Waals surface area contributed by atoms with Gasteiger partial charge in [0.15, 0.2) is 0 Å². The van der Waals surface area contributed by atoms with Crippen molar-refractivity contribution in [1.82, 2.24) is 0 Å². The van der Waals surface area contributed by atoms with Gasteiger partial charge in [0.1, 0.15) is 17.4 Å². The predicted octanol–water partition coefficient (Wildman–Crippen LogP) is 3.61. The Morgan fingerprint density at radius 1 is 1.41 bits per heavy atom. The summed E-state index contributed by atoms with van der Waals surface area (Å²) in [6.45, 7) is -0.476. The van der Waals surface area contributed by atoms with Gasteiger partial charge >= 0.3 is 6.18 Å². The Kier molecular flexibility index (Phi) is 4.70. The smallest absolute Gasteiger partial charge is 0.392 e. The van der Waals surface area contributed by atoms with Crippen molar-refractivity contribution in [3.63, 3.8) is 0 Å². The number of rotatable bonds is 4. The predicted molar refractivity (Wildman–Crippen MR) is 59.1 cm³/mol. The number of thioether (sulfide) groups is 1. The molecule has 0 N–H and O–H groups in total. The number of ether oxygens (including phenoxy) is 1. The van der Waals surface area contributed by atoms with Crippen LogP contribution < -0.4 is 4.74 Å². The Balaban J connectivity index is 2.75. The number of benzene rings is 1. The van der Waals surface area contributed by atoms with E-state index in [2.05, 4.69) is 0 Å². The molecule has 0 amide bonds. The topological polar surface area (TPSA) is 33.0 Å². The summed E-state index contributed by atoms with van der Waals surface area (Å²) in [5.41, 5.74) is 0.280. The quantitative estimate of drug-likeness (QED) is 0.776. The fourth-order valence-electron chi connectivity index (χ4n) is 1.19. The minimum absolute atomic E-state index is 0.198.